The van der Waals surface area contributed by atoms with Crippen molar-refractivity contribution in [3.8, 4) is 68.6 Å². The molecule has 106 heavy (non-hydrogen) atoms. The van der Waals surface area contributed by atoms with Crippen LogP contribution in [0.2, 0.25) is 5.02 Å². The second-order valence-electron chi connectivity index (χ2n) is 28.6. The van der Waals surface area contributed by atoms with E-state index in [0.29, 0.717) is 47.3 Å². The zero-order valence-electron chi connectivity index (χ0n) is 61.3. The third-order valence-corrected chi connectivity index (χ3v) is 22.5. The van der Waals surface area contributed by atoms with Gasteiger partial charge in [0.1, 0.15) is 11.5 Å². The van der Waals surface area contributed by atoms with Crippen LogP contribution in [0, 0.1) is 61.2 Å². The molecule has 12 atom stereocenters. The van der Waals surface area contributed by atoms with Gasteiger partial charge >= 0.3 is 0 Å². The third kappa shape index (κ3) is 17.2. The van der Waals surface area contributed by atoms with Crippen molar-refractivity contribution in [3.05, 3.63) is 247 Å². The highest BCUT2D eigenvalue weighted by atomic mass is 35.5. The summed E-state index contributed by atoms with van der Waals surface area (Å²) < 4.78 is 26.9. The van der Waals surface area contributed by atoms with Gasteiger partial charge in [0.2, 0.25) is 0 Å². The first kappa shape index (κ1) is 79.5. The Bertz CT molecular complexity index is 4300. The maximum Gasteiger partial charge on any atom is 0.160 e. The summed E-state index contributed by atoms with van der Waals surface area (Å²) in [6.07, 6.45) is 2.83. The molecular weight excluding hydrogens is 1370 g/mol. The van der Waals surface area contributed by atoms with Gasteiger partial charge in [-0.15, -0.1) is 0 Å². The first-order valence-electron chi connectivity index (χ1n) is 36.1. The number of aliphatic hydroxyl groups is 8. The SMILES string of the molecule is COc1cc(C2c3cc(-c4ccccc4)ccc3C[C@H](CO)[C@H]2CO)ccc1O.COc1cc(C2c3cc(C)c(O)cc3C[C@H](CO)[C@H]2CO)ccc1O.COc1cc(C2c3cc(Cl)c(C)cc3C[C@H](CO)[C@H]2CO)ccc1O.COc1cc(C2c3cc(OC(C)C)ccc3C[C@H](CO)[C@H]2CO)ccc1O. The first-order valence-corrected chi connectivity index (χ1v) is 36.4. The van der Waals surface area contributed by atoms with Crippen molar-refractivity contribution in [1.29, 1.82) is 0 Å². The summed E-state index contributed by atoms with van der Waals surface area (Å²) in [5.74, 6) is 1.63. The minimum Gasteiger partial charge on any atom is -0.508 e. The van der Waals surface area contributed by atoms with Crippen LogP contribution in [0.1, 0.15) is 115 Å². The smallest absolute Gasteiger partial charge is 0.160 e. The molecular formula is C87H101ClO18. The Balaban J connectivity index is 0.000000152. The number of hydrogen-bond acceptors (Lipinski definition) is 18. The Labute approximate surface area is 625 Å². The number of aromatic hydroxyl groups is 5. The molecule has 0 amide bonds. The molecule has 0 heterocycles. The van der Waals surface area contributed by atoms with Crippen molar-refractivity contribution in [1.82, 2.24) is 0 Å². The van der Waals surface area contributed by atoms with E-state index in [-0.39, 0.29) is 159 Å². The summed E-state index contributed by atoms with van der Waals surface area (Å²) in [6, 6.07) is 51.5. The fourth-order valence-corrected chi connectivity index (χ4v) is 16.7. The number of phenols is 5. The molecule has 564 valence electrons. The van der Waals surface area contributed by atoms with E-state index >= 15 is 0 Å². The highest BCUT2D eigenvalue weighted by Crippen LogP contribution is 2.52. The van der Waals surface area contributed by atoms with Gasteiger partial charge in [0.15, 0.2) is 46.0 Å². The summed E-state index contributed by atoms with van der Waals surface area (Å²) in [6.45, 7) is 7.65. The number of ether oxygens (including phenoxy) is 5. The number of aryl methyl sites for hydroxylation is 2. The summed E-state index contributed by atoms with van der Waals surface area (Å²) in [5.41, 5.74) is 16.5. The van der Waals surface area contributed by atoms with Crippen LogP contribution >= 0.6 is 11.6 Å². The molecule has 9 aromatic carbocycles. The average Bonchev–Trinajstić information content (AvgIpc) is 0.776. The summed E-state index contributed by atoms with van der Waals surface area (Å²) in [4.78, 5) is 0. The number of hydrogen-bond donors (Lipinski definition) is 13. The molecule has 0 bridgehead atoms. The van der Waals surface area contributed by atoms with Crippen molar-refractivity contribution in [2.75, 3.05) is 81.3 Å². The number of halogens is 1. The van der Waals surface area contributed by atoms with Gasteiger partial charge in [0, 0.05) is 81.5 Å². The molecule has 13 rings (SSSR count). The monoisotopic (exact) mass is 1470 g/mol. The zero-order chi connectivity index (χ0) is 76.2. The van der Waals surface area contributed by atoms with Crippen LogP contribution < -0.4 is 23.7 Å². The topological polar surface area (TPSA) is 309 Å². The van der Waals surface area contributed by atoms with E-state index in [1.807, 2.05) is 113 Å². The van der Waals surface area contributed by atoms with Crippen LogP contribution in [0.15, 0.2) is 164 Å². The van der Waals surface area contributed by atoms with Gasteiger partial charge in [0.25, 0.3) is 0 Å². The lowest BCUT2D eigenvalue weighted by atomic mass is 9.66. The van der Waals surface area contributed by atoms with Gasteiger partial charge in [0.05, 0.1) is 34.5 Å². The molecule has 0 spiro atoms. The second kappa shape index (κ2) is 36.0. The summed E-state index contributed by atoms with van der Waals surface area (Å²) in [7, 11) is 6.05. The molecule has 13 N–H and O–H groups in total. The quantitative estimate of drug-likeness (QED) is 0.0358. The van der Waals surface area contributed by atoms with Crippen LogP contribution in [0.25, 0.3) is 11.1 Å². The van der Waals surface area contributed by atoms with Crippen LogP contribution in [0.4, 0.5) is 0 Å². The van der Waals surface area contributed by atoms with Gasteiger partial charge in [-0.3, -0.25) is 0 Å². The molecule has 18 nitrogen and oxygen atoms in total. The van der Waals surface area contributed by atoms with E-state index in [9.17, 15) is 66.4 Å². The number of fused-ring (bicyclic) bond motifs is 4. The normalized spacial score (nSPS) is 21.9. The minimum atomic E-state index is -0.157. The van der Waals surface area contributed by atoms with Gasteiger partial charge < -0.3 is 90.1 Å². The van der Waals surface area contributed by atoms with Crippen LogP contribution in [-0.2, 0) is 25.7 Å². The Morgan fingerprint density at radius 1 is 0.340 bits per heavy atom. The van der Waals surface area contributed by atoms with Gasteiger partial charge in [-0.2, -0.15) is 0 Å². The predicted octanol–water partition coefficient (Wildman–Crippen LogP) is 12.7. The van der Waals surface area contributed by atoms with Crippen molar-refractivity contribution in [2.45, 2.75) is 83.2 Å². The van der Waals surface area contributed by atoms with Crippen LogP contribution in [-0.4, -0.2) is 154 Å². The standard InChI is InChI=1S/C25H26O4.C22H28O5.C20H23ClO4.C20H24O5/c1-29-24-13-19(9-10-23(24)28)25-21-12-17(16-5-3-2-4-6-16)7-8-18(21)11-20(14-26)22(25)15-27;1-13(2)27-17-6-4-14-8-16(11-23)19(12-24)22(18(14)10-17)15-5-7-20(25)21(9-15)26-3;1-11-5-13-6-14(9-22)16(10-23)20(15(13)8-17(11)21)12-3-4-18(24)19(7-12)25-2;1-11-5-15-13(7-18(11)24)6-14(9-21)16(10-22)20(15)12-3-4-17(23)19(8-12)25-2/h2-10,12-13,20,22,25-28H,11,14-15H2,1H3;4-7,9-10,13,16,19,22-25H,8,11-12H2,1-3H3;3-5,7-8,14,16,20,22-24H,6,9-10H2,1-2H3;3-5,7-8,14,16,20-24H,6,9-10H2,1-2H3/t20-,22-,25?;16-,19-,22?;2*14-,16-,20?/m1111/s1. The first-order chi connectivity index (χ1) is 51.1. The molecule has 9 aromatic rings. The number of aliphatic hydroxyl groups excluding tert-OH is 8. The lowest BCUT2D eigenvalue weighted by molar-refractivity contribution is 0.101. The molecule has 0 saturated heterocycles. The zero-order valence-corrected chi connectivity index (χ0v) is 62.1. The highest BCUT2D eigenvalue weighted by Gasteiger charge is 2.42. The molecule has 4 aliphatic rings. The molecule has 0 saturated carbocycles. The number of rotatable bonds is 19. The molecule has 0 fully saturated rings. The van der Waals surface area contributed by atoms with Crippen LogP contribution in [0.3, 0.4) is 0 Å². The fraction of sp³-hybridized carbons (Fsp3) is 0.379. The van der Waals surface area contributed by atoms with Gasteiger partial charge in [-0.1, -0.05) is 103 Å². The summed E-state index contributed by atoms with van der Waals surface area (Å²) >= 11 is 6.37. The lowest BCUT2D eigenvalue weighted by Gasteiger charge is -2.39. The maximum absolute atomic E-state index is 10.2. The molecule has 0 aromatic heterocycles. The molecule has 4 unspecified atom stereocenters. The summed E-state index contributed by atoms with van der Waals surface area (Å²) in [5, 5.41) is 130. The van der Waals surface area contributed by atoms with E-state index in [4.69, 9.17) is 35.3 Å². The molecule has 19 heteroatoms. The highest BCUT2D eigenvalue weighted by molar-refractivity contribution is 6.31. The minimum absolute atomic E-state index is 0.0120. The second-order valence-corrected chi connectivity index (χ2v) is 29.0. The Kier molecular flexibility index (Phi) is 27.0. The van der Waals surface area contributed by atoms with Crippen molar-refractivity contribution < 1.29 is 90.1 Å². The number of methoxy groups -OCH3 is 4. The van der Waals surface area contributed by atoms with Gasteiger partial charge in [-0.05, 0) is 263 Å². The number of benzene rings is 9. The Hall–Kier alpha value is -9.05. The van der Waals surface area contributed by atoms with Crippen molar-refractivity contribution >= 4 is 11.6 Å². The van der Waals surface area contributed by atoms with Gasteiger partial charge in [-0.25, -0.2) is 0 Å². The lowest BCUT2D eigenvalue weighted by Crippen LogP contribution is -2.35. The van der Waals surface area contributed by atoms with Crippen LogP contribution in [0.5, 0.6) is 57.5 Å². The molecule has 4 aliphatic carbocycles. The largest absolute Gasteiger partial charge is 0.508 e. The Morgan fingerprint density at radius 2 is 0.689 bits per heavy atom. The number of phenolic OH excluding ortho intramolecular Hbond substituents is 5. The third-order valence-electron chi connectivity index (χ3n) is 22.1. The van der Waals surface area contributed by atoms with E-state index < -0.39 is 0 Å². The van der Waals surface area contributed by atoms with Crippen molar-refractivity contribution in [3.63, 3.8) is 0 Å². The maximum atomic E-state index is 10.2. The predicted molar refractivity (Wildman–Crippen MR) is 409 cm³/mol. The Morgan fingerprint density at radius 3 is 1.06 bits per heavy atom. The fourth-order valence-electron chi connectivity index (χ4n) is 16.5. The van der Waals surface area contributed by atoms with E-state index in [2.05, 4.69) is 36.4 Å². The average molecular weight is 1470 g/mol. The van der Waals surface area contributed by atoms with Crippen molar-refractivity contribution in [2.24, 2.45) is 47.3 Å². The van der Waals surface area contributed by atoms with E-state index in [0.717, 1.165) is 95.6 Å². The van der Waals surface area contributed by atoms with E-state index in [1.54, 1.807) is 42.5 Å². The van der Waals surface area contributed by atoms with E-state index in [1.165, 1.54) is 34.0 Å². The molecule has 0 radical (unpaired) electrons. The molecule has 0 aliphatic heterocycles.